The molecule has 2 aliphatic rings. The van der Waals surface area contributed by atoms with E-state index in [4.69, 9.17) is 4.99 Å². The summed E-state index contributed by atoms with van der Waals surface area (Å²) >= 11 is 0. The Kier molecular flexibility index (Phi) is 5.99. The standard InChI is InChI=1S/C16H31N3/c1-13(2)17-16(18-14-9-5-3-6-10-14)19-15-11-7-4-8-12-15/h13-15H,3-12H2,1-2H3,(H2,17,18,19). The molecule has 2 N–H and O–H groups in total. The number of hydrogen-bond acceptors (Lipinski definition) is 1. The van der Waals surface area contributed by atoms with E-state index < -0.39 is 0 Å². The summed E-state index contributed by atoms with van der Waals surface area (Å²) in [5.74, 6) is 1.06. The molecule has 0 atom stereocenters. The minimum atomic E-state index is 0.363. The molecule has 3 heteroatoms. The molecule has 19 heavy (non-hydrogen) atoms. The van der Waals surface area contributed by atoms with Gasteiger partial charge >= 0.3 is 0 Å². The fourth-order valence-corrected chi connectivity index (χ4v) is 3.25. The van der Waals surface area contributed by atoms with Crippen LogP contribution < -0.4 is 10.6 Å². The molecule has 0 heterocycles. The van der Waals surface area contributed by atoms with Gasteiger partial charge in [0.1, 0.15) is 0 Å². The Bertz CT molecular complexity index is 252. The zero-order chi connectivity index (χ0) is 13.5. The minimum Gasteiger partial charge on any atom is -0.354 e. The molecule has 0 bridgehead atoms. The SMILES string of the molecule is CC(C)N=C(NC1CCCCC1)NC1CCCCC1. The lowest BCUT2D eigenvalue weighted by Gasteiger charge is -2.29. The molecule has 0 aromatic heterocycles. The number of guanidine groups is 1. The Morgan fingerprint density at radius 1 is 0.789 bits per heavy atom. The van der Waals surface area contributed by atoms with Crippen LogP contribution in [0.25, 0.3) is 0 Å². The average Bonchev–Trinajstić information content (AvgIpc) is 2.40. The van der Waals surface area contributed by atoms with Crippen LogP contribution in [0.3, 0.4) is 0 Å². The molecule has 0 unspecified atom stereocenters. The molecule has 0 saturated heterocycles. The molecule has 0 aromatic carbocycles. The van der Waals surface area contributed by atoms with Crippen molar-refractivity contribution in [1.29, 1.82) is 0 Å². The van der Waals surface area contributed by atoms with E-state index in [1.807, 2.05) is 0 Å². The van der Waals surface area contributed by atoms with Crippen molar-refractivity contribution < 1.29 is 0 Å². The fourth-order valence-electron chi connectivity index (χ4n) is 3.25. The third kappa shape index (κ3) is 5.42. The van der Waals surface area contributed by atoms with Gasteiger partial charge in [-0.05, 0) is 39.5 Å². The van der Waals surface area contributed by atoms with Gasteiger partial charge in [-0.2, -0.15) is 0 Å². The molecule has 2 saturated carbocycles. The molecule has 0 radical (unpaired) electrons. The van der Waals surface area contributed by atoms with Gasteiger partial charge < -0.3 is 10.6 Å². The maximum absolute atomic E-state index is 4.76. The highest BCUT2D eigenvalue weighted by Crippen LogP contribution is 2.19. The quantitative estimate of drug-likeness (QED) is 0.604. The van der Waals surface area contributed by atoms with E-state index >= 15 is 0 Å². The highest BCUT2D eigenvalue weighted by atomic mass is 15.2. The van der Waals surface area contributed by atoms with Crippen molar-refractivity contribution in [3.05, 3.63) is 0 Å². The van der Waals surface area contributed by atoms with Gasteiger partial charge in [0, 0.05) is 18.1 Å². The van der Waals surface area contributed by atoms with Crippen LogP contribution in [0.2, 0.25) is 0 Å². The molecule has 110 valence electrons. The van der Waals surface area contributed by atoms with Crippen LogP contribution in [-0.2, 0) is 0 Å². The Labute approximate surface area is 118 Å². The van der Waals surface area contributed by atoms with Gasteiger partial charge in [-0.25, -0.2) is 0 Å². The lowest BCUT2D eigenvalue weighted by molar-refractivity contribution is 0.388. The smallest absolute Gasteiger partial charge is 0.191 e. The van der Waals surface area contributed by atoms with Crippen LogP contribution in [0.5, 0.6) is 0 Å². The van der Waals surface area contributed by atoms with E-state index in [9.17, 15) is 0 Å². The normalized spacial score (nSPS) is 22.3. The molecule has 0 aromatic rings. The Balaban J connectivity index is 1.87. The number of hydrogen-bond donors (Lipinski definition) is 2. The van der Waals surface area contributed by atoms with Gasteiger partial charge in [-0.15, -0.1) is 0 Å². The fraction of sp³-hybridized carbons (Fsp3) is 0.938. The molecule has 2 fully saturated rings. The summed E-state index contributed by atoms with van der Waals surface area (Å²) in [4.78, 5) is 4.76. The van der Waals surface area contributed by atoms with Crippen molar-refractivity contribution in [3.8, 4) is 0 Å². The third-order valence-electron chi connectivity index (χ3n) is 4.28. The maximum Gasteiger partial charge on any atom is 0.191 e. The molecule has 0 spiro atoms. The van der Waals surface area contributed by atoms with E-state index in [1.54, 1.807) is 0 Å². The monoisotopic (exact) mass is 265 g/mol. The summed E-state index contributed by atoms with van der Waals surface area (Å²) in [7, 11) is 0. The van der Waals surface area contributed by atoms with Crippen LogP contribution >= 0.6 is 0 Å². The maximum atomic E-state index is 4.76. The topological polar surface area (TPSA) is 36.4 Å². The molecule has 2 aliphatic carbocycles. The summed E-state index contributed by atoms with van der Waals surface area (Å²) in [6, 6.07) is 1.65. The Morgan fingerprint density at radius 2 is 1.21 bits per heavy atom. The van der Waals surface area contributed by atoms with E-state index in [0.29, 0.717) is 18.1 Å². The van der Waals surface area contributed by atoms with Gasteiger partial charge in [-0.3, -0.25) is 4.99 Å². The van der Waals surface area contributed by atoms with E-state index in [1.165, 1.54) is 64.2 Å². The molecular formula is C16H31N3. The van der Waals surface area contributed by atoms with Gasteiger partial charge in [-0.1, -0.05) is 38.5 Å². The number of nitrogens with zero attached hydrogens (tertiary/aromatic N) is 1. The van der Waals surface area contributed by atoms with Crippen LogP contribution in [0, 0.1) is 0 Å². The first kappa shape index (κ1) is 14.7. The van der Waals surface area contributed by atoms with Crippen LogP contribution in [-0.4, -0.2) is 24.1 Å². The Hall–Kier alpha value is -0.730. The number of aliphatic imine (C=N–C) groups is 1. The van der Waals surface area contributed by atoms with Crippen molar-refractivity contribution in [3.63, 3.8) is 0 Å². The van der Waals surface area contributed by atoms with Crippen molar-refractivity contribution in [1.82, 2.24) is 10.6 Å². The second-order valence-electron chi connectivity index (χ2n) is 6.53. The van der Waals surface area contributed by atoms with Crippen molar-refractivity contribution in [2.45, 2.75) is 96.2 Å². The molecule has 0 amide bonds. The summed E-state index contributed by atoms with van der Waals surface area (Å²) in [6.07, 6.45) is 13.5. The van der Waals surface area contributed by atoms with Crippen molar-refractivity contribution >= 4 is 5.96 Å². The zero-order valence-corrected chi connectivity index (χ0v) is 12.8. The average molecular weight is 265 g/mol. The highest BCUT2D eigenvalue weighted by molar-refractivity contribution is 5.80. The van der Waals surface area contributed by atoms with Crippen LogP contribution in [0.4, 0.5) is 0 Å². The first-order valence-electron chi connectivity index (χ1n) is 8.35. The van der Waals surface area contributed by atoms with Gasteiger partial charge in [0.15, 0.2) is 5.96 Å². The molecule has 0 aliphatic heterocycles. The minimum absolute atomic E-state index is 0.363. The highest BCUT2D eigenvalue weighted by Gasteiger charge is 2.18. The summed E-state index contributed by atoms with van der Waals surface area (Å²) < 4.78 is 0. The summed E-state index contributed by atoms with van der Waals surface area (Å²) in [5, 5.41) is 7.35. The van der Waals surface area contributed by atoms with Gasteiger partial charge in [0.05, 0.1) is 0 Å². The number of rotatable bonds is 3. The lowest BCUT2D eigenvalue weighted by atomic mass is 9.95. The predicted molar refractivity (Wildman–Crippen MR) is 82.6 cm³/mol. The second kappa shape index (κ2) is 7.76. The predicted octanol–water partition coefficient (Wildman–Crippen LogP) is 3.60. The summed E-state index contributed by atoms with van der Waals surface area (Å²) in [6.45, 7) is 4.32. The Morgan fingerprint density at radius 3 is 1.58 bits per heavy atom. The van der Waals surface area contributed by atoms with E-state index in [0.717, 1.165) is 5.96 Å². The lowest BCUT2D eigenvalue weighted by Crippen LogP contribution is -2.48. The largest absolute Gasteiger partial charge is 0.354 e. The molecule has 3 nitrogen and oxygen atoms in total. The van der Waals surface area contributed by atoms with E-state index in [-0.39, 0.29) is 0 Å². The van der Waals surface area contributed by atoms with Gasteiger partial charge in [0.2, 0.25) is 0 Å². The van der Waals surface area contributed by atoms with E-state index in [2.05, 4.69) is 24.5 Å². The third-order valence-corrected chi connectivity index (χ3v) is 4.28. The first-order valence-corrected chi connectivity index (χ1v) is 8.35. The zero-order valence-electron chi connectivity index (χ0n) is 12.8. The van der Waals surface area contributed by atoms with Crippen molar-refractivity contribution in [2.75, 3.05) is 0 Å². The van der Waals surface area contributed by atoms with Gasteiger partial charge in [0.25, 0.3) is 0 Å². The van der Waals surface area contributed by atoms with Crippen molar-refractivity contribution in [2.24, 2.45) is 4.99 Å². The van der Waals surface area contributed by atoms with Crippen LogP contribution in [0.1, 0.15) is 78.1 Å². The second-order valence-corrected chi connectivity index (χ2v) is 6.53. The molecular weight excluding hydrogens is 234 g/mol. The first-order chi connectivity index (χ1) is 9.24. The molecule has 2 rings (SSSR count). The summed E-state index contributed by atoms with van der Waals surface area (Å²) in [5.41, 5.74) is 0. The van der Waals surface area contributed by atoms with Crippen LogP contribution in [0.15, 0.2) is 4.99 Å². The number of nitrogens with one attached hydrogen (secondary N) is 2.